The first-order chi connectivity index (χ1) is 9.52. The number of carboxylic acids is 1. The normalized spacial score (nSPS) is 11.0. The van der Waals surface area contributed by atoms with Gasteiger partial charge in [-0.2, -0.15) is 0 Å². The fourth-order valence-corrected chi connectivity index (χ4v) is 2.80. The molecule has 0 bridgehead atoms. The summed E-state index contributed by atoms with van der Waals surface area (Å²) in [7, 11) is 0. The van der Waals surface area contributed by atoms with Gasteiger partial charge in [0.25, 0.3) is 6.43 Å². The Kier molecular flexibility index (Phi) is 4.44. The Balaban J connectivity index is 2.45. The van der Waals surface area contributed by atoms with Crippen molar-refractivity contribution in [2.24, 2.45) is 0 Å². The first kappa shape index (κ1) is 14.6. The Hall–Kier alpha value is -1.82. The number of rotatable bonds is 5. The molecule has 0 unspecified atom stereocenters. The van der Waals surface area contributed by atoms with Gasteiger partial charge in [-0.15, -0.1) is 11.3 Å². The molecule has 6 heteroatoms. The van der Waals surface area contributed by atoms with Gasteiger partial charge < -0.3 is 5.11 Å². The number of thiazole rings is 1. The van der Waals surface area contributed by atoms with Crippen LogP contribution >= 0.6 is 11.3 Å². The van der Waals surface area contributed by atoms with Gasteiger partial charge in [-0.05, 0) is 12.5 Å². The summed E-state index contributed by atoms with van der Waals surface area (Å²) in [6.07, 6.45) is -1.21. The Morgan fingerprint density at radius 2 is 2.20 bits per heavy atom. The molecule has 1 heterocycles. The van der Waals surface area contributed by atoms with Crippen molar-refractivity contribution >= 4 is 17.3 Å². The van der Waals surface area contributed by atoms with E-state index in [2.05, 4.69) is 4.98 Å². The number of aromatic carboxylic acids is 1. The Morgan fingerprint density at radius 3 is 2.80 bits per heavy atom. The summed E-state index contributed by atoms with van der Waals surface area (Å²) >= 11 is 1.03. The zero-order valence-electron chi connectivity index (χ0n) is 10.8. The minimum atomic E-state index is -2.55. The molecule has 0 fully saturated rings. The lowest BCUT2D eigenvalue weighted by Crippen LogP contribution is -1.98. The topological polar surface area (TPSA) is 50.2 Å². The zero-order valence-corrected chi connectivity index (χ0v) is 11.6. The maximum absolute atomic E-state index is 12.7. The van der Waals surface area contributed by atoms with Crippen LogP contribution < -0.4 is 0 Å². The summed E-state index contributed by atoms with van der Waals surface area (Å²) in [5.74, 6) is -1.03. The molecule has 2 rings (SSSR count). The summed E-state index contributed by atoms with van der Waals surface area (Å²) in [5, 5.41) is 9.61. The largest absolute Gasteiger partial charge is 0.477 e. The zero-order chi connectivity index (χ0) is 14.7. The van der Waals surface area contributed by atoms with Crippen LogP contribution in [-0.4, -0.2) is 16.1 Å². The van der Waals surface area contributed by atoms with Gasteiger partial charge in [0, 0.05) is 11.1 Å². The maximum atomic E-state index is 12.7. The SMILES string of the molecule is CCCc1nc(-c2cccc(C(F)F)c2)sc1C(=O)O. The lowest BCUT2D eigenvalue weighted by molar-refractivity contribution is 0.0700. The van der Waals surface area contributed by atoms with E-state index in [0.717, 1.165) is 17.8 Å². The van der Waals surface area contributed by atoms with E-state index in [4.69, 9.17) is 5.11 Å². The van der Waals surface area contributed by atoms with Crippen molar-refractivity contribution in [1.29, 1.82) is 0 Å². The highest BCUT2D eigenvalue weighted by molar-refractivity contribution is 7.17. The van der Waals surface area contributed by atoms with E-state index in [0.29, 0.717) is 22.7 Å². The van der Waals surface area contributed by atoms with E-state index >= 15 is 0 Å². The maximum Gasteiger partial charge on any atom is 0.347 e. The molecule has 2 aromatic rings. The van der Waals surface area contributed by atoms with Gasteiger partial charge in [0.05, 0.1) is 5.69 Å². The molecule has 20 heavy (non-hydrogen) atoms. The summed E-state index contributed by atoms with van der Waals surface area (Å²) < 4.78 is 25.4. The van der Waals surface area contributed by atoms with Crippen LogP contribution in [-0.2, 0) is 6.42 Å². The van der Waals surface area contributed by atoms with Crippen molar-refractivity contribution in [3.63, 3.8) is 0 Å². The predicted molar refractivity (Wildman–Crippen MR) is 73.5 cm³/mol. The third kappa shape index (κ3) is 3.01. The van der Waals surface area contributed by atoms with Gasteiger partial charge in [-0.25, -0.2) is 18.6 Å². The van der Waals surface area contributed by atoms with Crippen molar-refractivity contribution in [3.8, 4) is 10.6 Å². The molecule has 0 radical (unpaired) electrons. The number of carbonyl (C=O) groups is 1. The number of halogens is 2. The van der Waals surface area contributed by atoms with E-state index < -0.39 is 12.4 Å². The Morgan fingerprint density at radius 1 is 1.45 bits per heavy atom. The van der Waals surface area contributed by atoms with Gasteiger partial charge >= 0.3 is 5.97 Å². The quantitative estimate of drug-likeness (QED) is 0.890. The van der Waals surface area contributed by atoms with Crippen LogP contribution in [0.15, 0.2) is 24.3 Å². The number of nitrogens with zero attached hydrogens (tertiary/aromatic N) is 1. The highest BCUT2D eigenvalue weighted by Crippen LogP contribution is 2.31. The van der Waals surface area contributed by atoms with Crippen molar-refractivity contribution in [3.05, 3.63) is 40.4 Å². The molecule has 0 aliphatic rings. The molecule has 0 saturated heterocycles. The molecular formula is C14H13F2NO2S. The van der Waals surface area contributed by atoms with Gasteiger partial charge in [0.15, 0.2) is 0 Å². The number of aromatic nitrogens is 1. The van der Waals surface area contributed by atoms with Crippen LogP contribution in [0, 0.1) is 0 Å². The summed E-state index contributed by atoms with van der Waals surface area (Å²) in [4.78, 5) is 15.6. The first-order valence-electron chi connectivity index (χ1n) is 6.14. The number of carboxylic acid groups (broad SMARTS) is 1. The molecule has 0 aliphatic carbocycles. The van der Waals surface area contributed by atoms with Gasteiger partial charge in [-0.1, -0.05) is 31.5 Å². The second-order valence-corrected chi connectivity index (χ2v) is 5.28. The molecule has 3 nitrogen and oxygen atoms in total. The van der Waals surface area contributed by atoms with E-state index in [9.17, 15) is 13.6 Å². The van der Waals surface area contributed by atoms with Gasteiger partial charge in [0.2, 0.25) is 0 Å². The van der Waals surface area contributed by atoms with Crippen LogP contribution in [0.25, 0.3) is 10.6 Å². The second-order valence-electron chi connectivity index (χ2n) is 4.28. The molecule has 0 spiro atoms. The monoisotopic (exact) mass is 297 g/mol. The molecule has 0 saturated carbocycles. The standard InChI is InChI=1S/C14H13F2NO2S/c1-2-4-10-11(14(18)19)20-13(17-10)9-6-3-5-8(7-9)12(15)16/h3,5-7,12H,2,4H2,1H3,(H,18,19). The number of alkyl halides is 2. The lowest BCUT2D eigenvalue weighted by Gasteiger charge is -2.01. The van der Waals surface area contributed by atoms with E-state index in [1.807, 2.05) is 6.92 Å². The molecule has 0 amide bonds. The summed E-state index contributed by atoms with van der Waals surface area (Å²) in [6.45, 7) is 1.93. The van der Waals surface area contributed by atoms with E-state index in [1.165, 1.54) is 18.2 Å². The molecule has 106 valence electrons. The fraction of sp³-hybridized carbons (Fsp3) is 0.286. The van der Waals surface area contributed by atoms with Crippen LogP contribution in [0.1, 0.15) is 40.7 Å². The summed E-state index contributed by atoms with van der Waals surface area (Å²) in [5.41, 5.74) is 0.951. The lowest BCUT2D eigenvalue weighted by atomic mass is 10.1. The van der Waals surface area contributed by atoms with Crippen molar-refractivity contribution in [2.45, 2.75) is 26.2 Å². The fourth-order valence-electron chi connectivity index (χ4n) is 1.86. The van der Waals surface area contributed by atoms with Crippen LogP contribution in [0.4, 0.5) is 8.78 Å². The highest BCUT2D eigenvalue weighted by Gasteiger charge is 2.18. The van der Waals surface area contributed by atoms with E-state index in [1.54, 1.807) is 6.07 Å². The molecule has 0 aliphatic heterocycles. The van der Waals surface area contributed by atoms with E-state index in [-0.39, 0.29) is 10.4 Å². The Bertz CT molecular complexity index is 625. The average molecular weight is 297 g/mol. The predicted octanol–water partition coefficient (Wildman–Crippen LogP) is 4.40. The highest BCUT2D eigenvalue weighted by atomic mass is 32.1. The number of benzene rings is 1. The average Bonchev–Trinajstić information content (AvgIpc) is 2.83. The smallest absolute Gasteiger partial charge is 0.347 e. The summed E-state index contributed by atoms with van der Waals surface area (Å²) in [6, 6.07) is 5.88. The molecule has 1 aromatic heterocycles. The van der Waals surface area contributed by atoms with Crippen LogP contribution in [0.3, 0.4) is 0 Å². The molecule has 1 aromatic carbocycles. The van der Waals surface area contributed by atoms with Crippen molar-refractivity contribution < 1.29 is 18.7 Å². The minimum Gasteiger partial charge on any atom is -0.477 e. The second kappa shape index (κ2) is 6.09. The molecule has 1 N–H and O–H groups in total. The van der Waals surface area contributed by atoms with Crippen LogP contribution in [0.5, 0.6) is 0 Å². The number of hydrogen-bond donors (Lipinski definition) is 1. The number of hydrogen-bond acceptors (Lipinski definition) is 3. The minimum absolute atomic E-state index is 0.0911. The van der Waals surface area contributed by atoms with Gasteiger partial charge in [-0.3, -0.25) is 0 Å². The third-order valence-corrected chi connectivity index (χ3v) is 3.90. The van der Waals surface area contributed by atoms with Crippen molar-refractivity contribution in [2.75, 3.05) is 0 Å². The number of aryl methyl sites for hydroxylation is 1. The van der Waals surface area contributed by atoms with Crippen LogP contribution in [0.2, 0.25) is 0 Å². The Labute approximate surface area is 118 Å². The van der Waals surface area contributed by atoms with Gasteiger partial charge in [0.1, 0.15) is 9.88 Å². The molecule has 0 atom stereocenters. The third-order valence-electron chi connectivity index (χ3n) is 2.76. The first-order valence-corrected chi connectivity index (χ1v) is 6.96. The van der Waals surface area contributed by atoms with Crippen molar-refractivity contribution in [1.82, 2.24) is 4.98 Å². The molecular weight excluding hydrogens is 284 g/mol.